The molecule has 2 rings (SSSR count). The minimum Gasteiger partial charge on any atom is -0.278 e. The highest BCUT2D eigenvalue weighted by molar-refractivity contribution is 6.01. The van der Waals surface area contributed by atoms with Crippen molar-refractivity contribution < 1.29 is 9.59 Å². The van der Waals surface area contributed by atoms with Gasteiger partial charge in [0.25, 0.3) is 5.91 Å². The van der Waals surface area contributed by atoms with E-state index in [1.807, 2.05) is 49.4 Å². The van der Waals surface area contributed by atoms with Gasteiger partial charge in [0.05, 0.1) is 6.04 Å². The molecule has 3 heteroatoms. The fourth-order valence-corrected chi connectivity index (χ4v) is 2.38. The van der Waals surface area contributed by atoms with Crippen molar-refractivity contribution in [2.75, 3.05) is 0 Å². The third-order valence-corrected chi connectivity index (χ3v) is 3.64. The van der Waals surface area contributed by atoms with Crippen molar-refractivity contribution in [1.29, 1.82) is 0 Å². The van der Waals surface area contributed by atoms with Gasteiger partial charge >= 0.3 is 0 Å². The topological polar surface area (TPSA) is 37.4 Å². The molecule has 0 saturated heterocycles. The number of imide groups is 1. The second-order valence-electron chi connectivity index (χ2n) is 5.13. The largest absolute Gasteiger partial charge is 0.278 e. The van der Waals surface area contributed by atoms with Crippen molar-refractivity contribution in [3.63, 3.8) is 0 Å². The number of carbonyl (C=O) groups is 2. The van der Waals surface area contributed by atoms with Gasteiger partial charge in [-0.2, -0.15) is 0 Å². The van der Waals surface area contributed by atoms with E-state index in [1.165, 1.54) is 4.90 Å². The van der Waals surface area contributed by atoms with E-state index in [1.54, 1.807) is 18.2 Å². The fraction of sp³-hybridized carbons (Fsp3) is 0.158. The van der Waals surface area contributed by atoms with E-state index >= 15 is 0 Å². The predicted octanol–water partition coefficient (Wildman–Crippen LogP) is 3.39. The maximum Gasteiger partial charge on any atom is 0.261 e. The standard InChI is InChI=1S/C19H19NO2/c1-3-17(13-16-10-5-4-6-11-16)20(14-21)19(22)18-12-8-7-9-15(18)2/h3-12,14,17H,1,13H2,2H3. The molecular weight excluding hydrogens is 274 g/mol. The monoisotopic (exact) mass is 293 g/mol. The molecule has 0 aliphatic carbocycles. The van der Waals surface area contributed by atoms with Crippen LogP contribution in [0.4, 0.5) is 0 Å². The van der Waals surface area contributed by atoms with Gasteiger partial charge in [-0.25, -0.2) is 0 Å². The summed E-state index contributed by atoms with van der Waals surface area (Å²) in [6, 6.07) is 16.6. The Kier molecular flexibility index (Phi) is 5.26. The Morgan fingerprint density at radius 3 is 2.36 bits per heavy atom. The van der Waals surface area contributed by atoms with Crippen molar-refractivity contribution in [2.24, 2.45) is 0 Å². The highest BCUT2D eigenvalue weighted by Gasteiger charge is 2.23. The molecule has 0 aliphatic rings. The molecule has 0 radical (unpaired) electrons. The van der Waals surface area contributed by atoms with Crippen molar-refractivity contribution in [2.45, 2.75) is 19.4 Å². The van der Waals surface area contributed by atoms with Gasteiger partial charge in [0.15, 0.2) is 0 Å². The average Bonchev–Trinajstić information content (AvgIpc) is 2.55. The van der Waals surface area contributed by atoms with Crippen LogP contribution in [0.2, 0.25) is 0 Å². The Labute approximate surface area is 130 Å². The van der Waals surface area contributed by atoms with Crippen LogP contribution in [0, 0.1) is 6.92 Å². The summed E-state index contributed by atoms with van der Waals surface area (Å²) in [4.78, 5) is 25.3. The van der Waals surface area contributed by atoms with E-state index in [-0.39, 0.29) is 11.9 Å². The molecule has 2 aromatic rings. The van der Waals surface area contributed by atoms with Crippen molar-refractivity contribution in [3.05, 3.63) is 83.9 Å². The number of aryl methyl sites for hydroxylation is 1. The number of hydrogen-bond donors (Lipinski definition) is 0. The highest BCUT2D eigenvalue weighted by Crippen LogP contribution is 2.15. The lowest BCUT2D eigenvalue weighted by molar-refractivity contribution is -0.116. The lowest BCUT2D eigenvalue weighted by atomic mass is 10.0. The van der Waals surface area contributed by atoms with Gasteiger partial charge in [-0.3, -0.25) is 14.5 Å². The zero-order chi connectivity index (χ0) is 15.9. The minimum absolute atomic E-state index is 0.297. The van der Waals surface area contributed by atoms with E-state index in [4.69, 9.17) is 0 Å². The van der Waals surface area contributed by atoms with Gasteiger partial charge in [0.2, 0.25) is 6.41 Å². The summed E-state index contributed by atoms with van der Waals surface area (Å²) in [5.41, 5.74) is 2.44. The predicted molar refractivity (Wildman–Crippen MR) is 87.5 cm³/mol. The van der Waals surface area contributed by atoms with Crippen LogP contribution in [-0.4, -0.2) is 23.3 Å². The summed E-state index contributed by atoms with van der Waals surface area (Å²) in [5.74, 6) is -0.297. The van der Waals surface area contributed by atoms with Crippen molar-refractivity contribution >= 4 is 12.3 Å². The lowest BCUT2D eigenvalue weighted by Crippen LogP contribution is -2.39. The van der Waals surface area contributed by atoms with Crippen LogP contribution in [0.3, 0.4) is 0 Å². The van der Waals surface area contributed by atoms with Crippen molar-refractivity contribution in [1.82, 2.24) is 4.90 Å². The normalized spacial score (nSPS) is 11.5. The summed E-state index contributed by atoms with van der Waals surface area (Å²) >= 11 is 0. The molecule has 0 spiro atoms. The van der Waals surface area contributed by atoms with Gasteiger partial charge in [-0.05, 0) is 30.5 Å². The van der Waals surface area contributed by atoms with E-state index in [9.17, 15) is 9.59 Å². The van der Waals surface area contributed by atoms with Crippen LogP contribution < -0.4 is 0 Å². The second-order valence-corrected chi connectivity index (χ2v) is 5.13. The maximum absolute atomic E-state index is 12.6. The third-order valence-electron chi connectivity index (χ3n) is 3.64. The molecule has 0 bridgehead atoms. The third kappa shape index (κ3) is 3.50. The van der Waals surface area contributed by atoms with Gasteiger partial charge in [0.1, 0.15) is 0 Å². The summed E-state index contributed by atoms with van der Waals surface area (Å²) in [6.45, 7) is 5.63. The summed E-state index contributed by atoms with van der Waals surface area (Å²) in [7, 11) is 0. The Bertz CT molecular complexity index is 664. The molecule has 2 aromatic carbocycles. The smallest absolute Gasteiger partial charge is 0.261 e. The van der Waals surface area contributed by atoms with E-state index in [2.05, 4.69) is 6.58 Å². The van der Waals surface area contributed by atoms with Crippen LogP contribution >= 0.6 is 0 Å². The van der Waals surface area contributed by atoms with Gasteiger partial charge in [-0.1, -0.05) is 54.6 Å². The molecule has 1 atom stereocenters. The van der Waals surface area contributed by atoms with Crippen LogP contribution in [-0.2, 0) is 11.2 Å². The number of nitrogens with zero attached hydrogens (tertiary/aromatic N) is 1. The first kappa shape index (κ1) is 15.7. The summed E-state index contributed by atoms with van der Waals surface area (Å²) in [6.07, 6.45) is 2.78. The van der Waals surface area contributed by atoms with E-state index in [0.29, 0.717) is 18.4 Å². The zero-order valence-electron chi connectivity index (χ0n) is 12.6. The zero-order valence-corrected chi connectivity index (χ0v) is 12.6. The molecule has 22 heavy (non-hydrogen) atoms. The SMILES string of the molecule is C=CC(Cc1ccccc1)N(C=O)C(=O)c1ccccc1C. The second kappa shape index (κ2) is 7.36. The average molecular weight is 293 g/mol. The maximum atomic E-state index is 12.6. The molecule has 0 N–H and O–H groups in total. The molecule has 112 valence electrons. The summed E-state index contributed by atoms with van der Waals surface area (Å²) in [5, 5.41) is 0. The van der Waals surface area contributed by atoms with Crippen LogP contribution in [0.5, 0.6) is 0 Å². The molecule has 0 aliphatic heterocycles. The minimum atomic E-state index is -0.369. The van der Waals surface area contributed by atoms with E-state index < -0.39 is 0 Å². The molecule has 0 fully saturated rings. The number of benzene rings is 2. The Morgan fingerprint density at radius 2 is 1.77 bits per heavy atom. The Morgan fingerprint density at radius 1 is 1.14 bits per heavy atom. The summed E-state index contributed by atoms with van der Waals surface area (Å²) < 4.78 is 0. The first-order valence-electron chi connectivity index (χ1n) is 7.17. The number of rotatable bonds is 6. The highest BCUT2D eigenvalue weighted by atomic mass is 16.2. The van der Waals surface area contributed by atoms with Crippen molar-refractivity contribution in [3.8, 4) is 0 Å². The first-order chi connectivity index (χ1) is 10.7. The van der Waals surface area contributed by atoms with Gasteiger partial charge < -0.3 is 0 Å². The number of carbonyl (C=O) groups excluding carboxylic acids is 2. The molecular formula is C19H19NO2. The molecule has 0 aromatic heterocycles. The lowest BCUT2D eigenvalue weighted by Gasteiger charge is -2.24. The van der Waals surface area contributed by atoms with Gasteiger partial charge in [0, 0.05) is 5.56 Å². The molecule has 0 heterocycles. The first-order valence-corrected chi connectivity index (χ1v) is 7.17. The van der Waals surface area contributed by atoms with E-state index in [0.717, 1.165) is 11.1 Å². The fourth-order valence-electron chi connectivity index (χ4n) is 2.38. The Balaban J connectivity index is 2.25. The number of hydrogen-bond acceptors (Lipinski definition) is 2. The molecule has 2 amide bonds. The molecule has 3 nitrogen and oxygen atoms in total. The van der Waals surface area contributed by atoms with Gasteiger partial charge in [-0.15, -0.1) is 6.58 Å². The van der Waals surface area contributed by atoms with Crippen LogP contribution in [0.25, 0.3) is 0 Å². The molecule has 0 saturated carbocycles. The van der Waals surface area contributed by atoms with Crippen LogP contribution in [0.1, 0.15) is 21.5 Å². The van der Waals surface area contributed by atoms with Crippen LogP contribution in [0.15, 0.2) is 67.3 Å². The molecule has 1 unspecified atom stereocenters. The Hall–Kier alpha value is -2.68. The number of amides is 2. The quantitative estimate of drug-likeness (QED) is 0.605.